The fraction of sp³-hybridized carbons (Fsp3) is 0.833. The van der Waals surface area contributed by atoms with Crippen LogP contribution in [0.5, 0.6) is 0 Å². The molecule has 1 N–H and O–H groups in total. The summed E-state index contributed by atoms with van der Waals surface area (Å²) in [5.74, 6) is -1.22. The van der Waals surface area contributed by atoms with Crippen LogP contribution in [0.4, 0.5) is 0 Å². The minimum absolute atomic E-state index is 0.165. The number of carboxylic acid groups (broad SMARTS) is 1. The van der Waals surface area contributed by atoms with E-state index in [1.54, 1.807) is 11.9 Å². The summed E-state index contributed by atoms with van der Waals surface area (Å²) in [5.41, 5.74) is 0. The van der Waals surface area contributed by atoms with E-state index in [-0.39, 0.29) is 12.5 Å². The first kappa shape index (κ1) is 14.9. The summed E-state index contributed by atoms with van der Waals surface area (Å²) in [6.45, 7) is 4.31. The Kier molecular flexibility index (Phi) is 6.07. The zero-order chi connectivity index (χ0) is 13.5. The molecule has 0 aliphatic carbocycles. The zero-order valence-corrected chi connectivity index (χ0v) is 11.1. The molecule has 0 aromatic heterocycles. The maximum absolute atomic E-state index is 11.7. The number of hydrogen-bond donors (Lipinski definition) is 1. The molecule has 6 heteroatoms. The molecular formula is C12H22N2O4. The molecule has 18 heavy (non-hydrogen) atoms. The Morgan fingerprint density at radius 1 is 1.44 bits per heavy atom. The summed E-state index contributed by atoms with van der Waals surface area (Å²) < 4.78 is 4.79. The normalized spacial score (nSPS) is 20.0. The number of carbonyl (C=O) groups is 2. The highest BCUT2D eigenvalue weighted by atomic mass is 16.5. The largest absolute Gasteiger partial charge is 0.480 e. The van der Waals surface area contributed by atoms with Crippen LogP contribution in [-0.4, -0.2) is 72.7 Å². The van der Waals surface area contributed by atoms with Crippen LogP contribution in [0.25, 0.3) is 0 Å². The molecule has 0 bridgehead atoms. The number of rotatable bonds is 7. The third-order valence-electron chi connectivity index (χ3n) is 3.27. The maximum atomic E-state index is 11.7. The lowest BCUT2D eigenvalue weighted by atomic mass is 10.2. The van der Waals surface area contributed by atoms with E-state index in [1.807, 2.05) is 0 Å². The Balaban J connectivity index is 2.28. The predicted octanol–water partition coefficient (Wildman–Crippen LogP) is 0.0303. The van der Waals surface area contributed by atoms with E-state index < -0.39 is 12.6 Å². The Morgan fingerprint density at radius 2 is 2.17 bits per heavy atom. The number of ether oxygens (including phenoxy) is 1. The van der Waals surface area contributed by atoms with Gasteiger partial charge >= 0.3 is 5.97 Å². The number of likely N-dealkylation sites (tertiary alicyclic amines) is 1. The van der Waals surface area contributed by atoms with Gasteiger partial charge in [0.15, 0.2) is 0 Å². The molecule has 0 radical (unpaired) electrons. The quantitative estimate of drug-likeness (QED) is 0.697. The molecule has 6 nitrogen and oxygen atoms in total. The number of carboxylic acids is 1. The van der Waals surface area contributed by atoms with Crippen LogP contribution in [-0.2, 0) is 14.3 Å². The van der Waals surface area contributed by atoms with Crippen LogP contribution in [0.2, 0.25) is 0 Å². The molecule has 0 aromatic carbocycles. The minimum atomic E-state index is -1.06. The molecule has 1 unspecified atom stereocenters. The van der Waals surface area contributed by atoms with Crippen LogP contribution < -0.4 is 0 Å². The van der Waals surface area contributed by atoms with Crippen molar-refractivity contribution in [3.63, 3.8) is 0 Å². The first-order chi connectivity index (χ1) is 8.54. The number of hydrogen-bond acceptors (Lipinski definition) is 4. The van der Waals surface area contributed by atoms with Gasteiger partial charge in [-0.3, -0.25) is 9.69 Å². The third-order valence-corrected chi connectivity index (χ3v) is 3.27. The van der Waals surface area contributed by atoms with Crippen LogP contribution in [0.3, 0.4) is 0 Å². The van der Waals surface area contributed by atoms with Crippen molar-refractivity contribution in [1.29, 1.82) is 0 Å². The van der Waals surface area contributed by atoms with Crippen molar-refractivity contribution in [2.75, 3.05) is 39.9 Å². The van der Waals surface area contributed by atoms with E-state index in [0.717, 1.165) is 19.5 Å². The lowest BCUT2D eigenvalue weighted by molar-refractivity contribution is -0.145. The fourth-order valence-corrected chi connectivity index (χ4v) is 2.27. The molecule has 1 fully saturated rings. The highest BCUT2D eigenvalue weighted by Crippen LogP contribution is 2.17. The molecule has 0 aromatic rings. The van der Waals surface area contributed by atoms with E-state index in [0.29, 0.717) is 12.6 Å². The van der Waals surface area contributed by atoms with Gasteiger partial charge in [0.1, 0.15) is 13.2 Å². The summed E-state index contributed by atoms with van der Waals surface area (Å²) in [4.78, 5) is 25.9. The molecule has 1 rings (SSSR count). The van der Waals surface area contributed by atoms with Crippen LogP contribution in [0, 0.1) is 0 Å². The second-order valence-electron chi connectivity index (χ2n) is 4.59. The van der Waals surface area contributed by atoms with Gasteiger partial charge in [0.25, 0.3) is 0 Å². The van der Waals surface area contributed by atoms with Gasteiger partial charge in [-0.2, -0.15) is 0 Å². The first-order valence-electron chi connectivity index (χ1n) is 6.32. The van der Waals surface area contributed by atoms with Crippen LogP contribution >= 0.6 is 0 Å². The summed E-state index contributed by atoms with van der Waals surface area (Å²) in [5, 5.41) is 8.40. The van der Waals surface area contributed by atoms with Gasteiger partial charge in [-0.25, -0.2) is 4.79 Å². The molecule has 1 heterocycles. The SMILES string of the molecule is CCN1CCCC1CN(C)C(=O)COCC(=O)O. The number of amides is 1. The number of nitrogens with zero attached hydrogens (tertiary/aromatic N) is 2. The van der Waals surface area contributed by atoms with Crippen molar-refractivity contribution in [1.82, 2.24) is 9.80 Å². The summed E-state index contributed by atoms with van der Waals surface area (Å²) >= 11 is 0. The van der Waals surface area contributed by atoms with Gasteiger partial charge in [0.05, 0.1) is 0 Å². The Labute approximate surface area is 107 Å². The van der Waals surface area contributed by atoms with Crippen molar-refractivity contribution < 1.29 is 19.4 Å². The zero-order valence-electron chi connectivity index (χ0n) is 11.1. The molecule has 1 aliphatic heterocycles. The highest BCUT2D eigenvalue weighted by molar-refractivity contribution is 5.77. The van der Waals surface area contributed by atoms with E-state index in [9.17, 15) is 9.59 Å². The van der Waals surface area contributed by atoms with Gasteiger partial charge in [-0.1, -0.05) is 6.92 Å². The Bertz CT molecular complexity index is 296. The third kappa shape index (κ3) is 4.62. The van der Waals surface area contributed by atoms with Crippen LogP contribution in [0.1, 0.15) is 19.8 Å². The van der Waals surface area contributed by atoms with Crippen molar-refractivity contribution in [3.8, 4) is 0 Å². The molecular weight excluding hydrogens is 236 g/mol. The predicted molar refractivity (Wildman–Crippen MR) is 66.4 cm³/mol. The van der Waals surface area contributed by atoms with Crippen molar-refractivity contribution in [3.05, 3.63) is 0 Å². The van der Waals surface area contributed by atoms with Crippen LogP contribution in [0.15, 0.2) is 0 Å². The Morgan fingerprint density at radius 3 is 2.78 bits per heavy atom. The Hall–Kier alpha value is -1.14. The number of carbonyl (C=O) groups excluding carboxylic acids is 1. The average Bonchev–Trinajstić information content (AvgIpc) is 2.75. The monoisotopic (exact) mass is 258 g/mol. The summed E-state index contributed by atoms with van der Waals surface area (Å²) in [6, 6.07) is 0.420. The van der Waals surface area contributed by atoms with Crippen molar-refractivity contribution in [2.24, 2.45) is 0 Å². The molecule has 0 spiro atoms. The van der Waals surface area contributed by atoms with Crippen molar-refractivity contribution in [2.45, 2.75) is 25.8 Å². The topological polar surface area (TPSA) is 70.1 Å². The lowest BCUT2D eigenvalue weighted by Crippen LogP contribution is -2.42. The molecule has 1 atom stereocenters. The smallest absolute Gasteiger partial charge is 0.329 e. The number of likely N-dealkylation sites (N-methyl/N-ethyl adjacent to an activating group) is 2. The maximum Gasteiger partial charge on any atom is 0.329 e. The lowest BCUT2D eigenvalue weighted by Gasteiger charge is -2.27. The molecule has 1 amide bonds. The first-order valence-corrected chi connectivity index (χ1v) is 6.32. The van der Waals surface area contributed by atoms with Crippen molar-refractivity contribution >= 4 is 11.9 Å². The second kappa shape index (κ2) is 7.33. The van der Waals surface area contributed by atoms with Gasteiger partial charge in [-0.05, 0) is 25.9 Å². The van der Waals surface area contributed by atoms with E-state index in [2.05, 4.69) is 11.8 Å². The van der Waals surface area contributed by atoms with E-state index in [1.165, 1.54) is 6.42 Å². The molecule has 104 valence electrons. The van der Waals surface area contributed by atoms with Gasteiger partial charge in [-0.15, -0.1) is 0 Å². The molecule has 1 aliphatic rings. The summed E-state index contributed by atoms with van der Waals surface area (Å²) in [7, 11) is 1.73. The van der Waals surface area contributed by atoms with E-state index >= 15 is 0 Å². The standard InChI is InChI=1S/C12H22N2O4/c1-3-14-6-4-5-10(14)7-13(2)11(15)8-18-9-12(16)17/h10H,3-9H2,1-2H3,(H,16,17). The minimum Gasteiger partial charge on any atom is -0.480 e. The average molecular weight is 258 g/mol. The second-order valence-corrected chi connectivity index (χ2v) is 4.59. The highest BCUT2D eigenvalue weighted by Gasteiger charge is 2.25. The molecule has 0 saturated carbocycles. The van der Waals surface area contributed by atoms with Gasteiger partial charge in [0, 0.05) is 19.6 Å². The van der Waals surface area contributed by atoms with Gasteiger partial charge < -0.3 is 14.7 Å². The molecule has 1 saturated heterocycles. The van der Waals surface area contributed by atoms with Gasteiger partial charge in [0.2, 0.25) is 5.91 Å². The summed E-state index contributed by atoms with van der Waals surface area (Å²) in [6.07, 6.45) is 2.29. The fourth-order valence-electron chi connectivity index (χ4n) is 2.27. The van der Waals surface area contributed by atoms with E-state index in [4.69, 9.17) is 9.84 Å². The number of aliphatic carboxylic acids is 1.